The lowest BCUT2D eigenvalue weighted by Gasteiger charge is -2.26. The number of nitrogens with one attached hydrogen (secondary N) is 1. The first kappa shape index (κ1) is 19.4. The van der Waals surface area contributed by atoms with Crippen molar-refractivity contribution in [3.8, 4) is 16.3 Å². The fourth-order valence-electron chi connectivity index (χ4n) is 3.20. The summed E-state index contributed by atoms with van der Waals surface area (Å²) >= 11 is 1.43. The summed E-state index contributed by atoms with van der Waals surface area (Å²) in [4.78, 5) is 27.9. The van der Waals surface area contributed by atoms with Crippen molar-refractivity contribution in [1.29, 1.82) is 0 Å². The highest BCUT2D eigenvalue weighted by molar-refractivity contribution is 7.13. The molecule has 2 N–H and O–H groups in total. The van der Waals surface area contributed by atoms with Crippen LogP contribution >= 0.6 is 11.3 Å². The minimum absolute atomic E-state index is 0.0192. The number of carbonyl (C=O) groups excluding carboxylic acids is 1. The minimum Gasteiger partial charge on any atom is -0.491 e. The van der Waals surface area contributed by atoms with Crippen LogP contribution in [0.25, 0.3) is 10.6 Å². The maximum Gasteiger partial charge on any atom is 0.306 e. The van der Waals surface area contributed by atoms with Crippen molar-refractivity contribution < 1.29 is 19.4 Å². The van der Waals surface area contributed by atoms with Gasteiger partial charge in [0, 0.05) is 17.0 Å². The van der Waals surface area contributed by atoms with Gasteiger partial charge in [0.2, 0.25) is 0 Å². The minimum atomic E-state index is -0.742. The summed E-state index contributed by atoms with van der Waals surface area (Å²) in [5.74, 6) is -0.420. The quantitative estimate of drug-likeness (QED) is 0.782. The maximum atomic E-state index is 12.4. The Bertz CT molecular complexity index is 793. The third-order valence-corrected chi connectivity index (χ3v) is 5.51. The molecule has 1 amide bonds. The zero-order chi connectivity index (χ0) is 19.4. The van der Waals surface area contributed by atoms with E-state index in [1.54, 1.807) is 5.38 Å². The molecule has 0 aliphatic heterocycles. The van der Waals surface area contributed by atoms with Crippen LogP contribution < -0.4 is 10.1 Å². The number of aliphatic carboxylic acids is 1. The van der Waals surface area contributed by atoms with Gasteiger partial charge in [0.25, 0.3) is 5.91 Å². The summed E-state index contributed by atoms with van der Waals surface area (Å²) in [5.41, 5.74) is 1.34. The number of rotatable bonds is 6. The van der Waals surface area contributed by atoms with Gasteiger partial charge >= 0.3 is 5.97 Å². The second-order valence-electron chi connectivity index (χ2n) is 7.09. The van der Waals surface area contributed by atoms with E-state index in [0.717, 1.165) is 16.3 Å². The molecule has 1 aromatic heterocycles. The van der Waals surface area contributed by atoms with Crippen molar-refractivity contribution in [1.82, 2.24) is 10.3 Å². The highest BCUT2D eigenvalue weighted by Crippen LogP contribution is 2.27. The lowest BCUT2D eigenvalue weighted by molar-refractivity contribution is -0.142. The van der Waals surface area contributed by atoms with Gasteiger partial charge in [0.15, 0.2) is 0 Å². The zero-order valence-corrected chi connectivity index (χ0v) is 16.3. The molecule has 0 unspecified atom stereocenters. The summed E-state index contributed by atoms with van der Waals surface area (Å²) in [5, 5.41) is 14.6. The largest absolute Gasteiger partial charge is 0.491 e. The van der Waals surface area contributed by atoms with Gasteiger partial charge in [-0.3, -0.25) is 9.59 Å². The predicted molar refractivity (Wildman–Crippen MR) is 104 cm³/mol. The predicted octanol–water partition coefficient (Wildman–Crippen LogP) is 3.97. The Morgan fingerprint density at radius 2 is 1.85 bits per heavy atom. The fourth-order valence-corrected chi connectivity index (χ4v) is 4.01. The maximum absolute atomic E-state index is 12.4. The van der Waals surface area contributed by atoms with E-state index in [0.29, 0.717) is 31.4 Å². The first-order valence-electron chi connectivity index (χ1n) is 9.18. The van der Waals surface area contributed by atoms with Gasteiger partial charge in [-0.15, -0.1) is 11.3 Å². The molecule has 3 rings (SSSR count). The van der Waals surface area contributed by atoms with Crippen LogP contribution in [0.4, 0.5) is 0 Å². The third-order valence-electron chi connectivity index (χ3n) is 4.62. The summed E-state index contributed by atoms with van der Waals surface area (Å²) in [6.07, 6.45) is 2.71. The lowest BCUT2D eigenvalue weighted by atomic mass is 9.86. The van der Waals surface area contributed by atoms with Crippen molar-refractivity contribution in [2.45, 2.75) is 51.7 Å². The number of carbonyl (C=O) groups is 2. The average molecular weight is 388 g/mol. The smallest absolute Gasteiger partial charge is 0.306 e. The first-order valence-corrected chi connectivity index (χ1v) is 10.1. The molecule has 1 heterocycles. The Balaban J connectivity index is 1.58. The van der Waals surface area contributed by atoms with Crippen LogP contribution in [-0.2, 0) is 4.79 Å². The number of nitrogens with zero attached hydrogens (tertiary/aromatic N) is 1. The second-order valence-corrected chi connectivity index (χ2v) is 7.95. The summed E-state index contributed by atoms with van der Waals surface area (Å²) in [6.45, 7) is 3.96. The van der Waals surface area contributed by atoms with Crippen molar-refractivity contribution >= 4 is 23.2 Å². The van der Waals surface area contributed by atoms with E-state index in [1.165, 1.54) is 11.3 Å². The number of ether oxygens (including phenoxy) is 1. The van der Waals surface area contributed by atoms with Crippen molar-refractivity contribution in [2.75, 3.05) is 0 Å². The molecule has 7 heteroatoms. The van der Waals surface area contributed by atoms with Gasteiger partial charge in [-0.05, 0) is 63.8 Å². The Hall–Kier alpha value is -2.41. The molecular weight excluding hydrogens is 364 g/mol. The molecule has 1 fully saturated rings. The second kappa shape index (κ2) is 8.52. The number of carboxylic acid groups (broad SMARTS) is 1. The number of carboxylic acids is 1. The van der Waals surface area contributed by atoms with E-state index < -0.39 is 5.97 Å². The van der Waals surface area contributed by atoms with Crippen molar-refractivity contribution in [3.05, 3.63) is 35.3 Å². The molecule has 0 atom stereocenters. The Kier molecular flexibility index (Phi) is 6.11. The number of aromatic nitrogens is 1. The van der Waals surface area contributed by atoms with Gasteiger partial charge in [-0.25, -0.2) is 4.98 Å². The van der Waals surface area contributed by atoms with Gasteiger partial charge < -0.3 is 15.2 Å². The van der Waals surface area contributed by atoms with Crippen LogP contribution in [0.2, 0.25) is 0 Å². The Morgan fingerprint density at radius 1 is 1.19 bits per heavy atom. The number of thiazole rings is 1. The SMILES string of the molecule is CC(C)Oc1ccc(-c2nc(C(=O)NC3CCC(C(=O)O)CC3)cs2)cc1. The van der Waals surface area contributed by atoms with E-state index in [-0.39, 0.29) is 24.0 Å². The molecule has 0 saturated heterocycles. The normalized spacial score (nSPS) is 19.7. The molecule has 6 nitrogen and oxygen atoms in total. The Labute approximate surface area is 162 Å². The van der Waals surface area contributed by atoms with Crippen molar-refractivity contribution in [2.24, 2.45) is 5.92 Å². The molecule has 2 aromatic rings. The number of amides is 1. The monoisotopic (exact) mass is 388 g/mol. The average Bonchev–Trinajstić information content (AvgIpc) is 3.12. The zero-order valence-electron chi connectivity index (χ0n) is 15.5. The molecule has 0 radical (unpaired) electrons. The number of hydrogen-bond donors (Lipinski definition) is 2. The van der Waals surface area contributed by atoms with E-state index in [1.807, 2.05) is 38.1 Å². The first-order chi connectivity index (χ1) is 12.9. The van der Waals surface area contributed by atoms with Gasteiger partial charge in [0.05, 0.1) is 12.0 Å². The standard InChI is InChI=1S/C20H24N2O4S/c1-12(2)26-16-9-5-13(6-10-16)19-22-17(11-27-19)18(23)21-15-7-3-14(4-8-15)20(24)25/h5-6,9-12,14-15H,3-4,7-8H2,1-2H3,(H,21,23)(H,24,25). The van der Waals surface area contributed by atoms with Crippen molar-refractivity contribution in [3.63, 3.8) is 0 Å². The fraction of sp³-hybridized carbons (Fsp3) is 0.450. The molecular formula is C20H24N2O4S. The lowest BCUT2D eigenvalue weighted by Crippen LogP contribution is -2.38. The topological polar surface area (TPSA) is 88.5 Å². The summed E-state index contributed by atoms with van der Waals surface area (Å²) in [7, 11) is 0. The van der Waals surface area contributed by atoms with Gasteiger partial charge in [-0.2, -0.15) is 0 Å². The summed E-state index contributed by atoms with van der Waals surface area (Å²) < 4.78 is 5.64. The van der Waals surface area contributed by atoms with Gasteiger partial charge in [-0.1, -0.05) is 0 Å². The van der Waals surface area contributed by atoms with Crippen LogP contribution in [-0.4, -0.2) is 34.1 Å². The van der Waals surface area contributed by atoms with Crippen LogP contribution in [0, 0.1) is 5.92 Å². The van der Waals surface area contributed by atoms with Crippen LogP contribution in [0.5, 0.6) is 5.75 Å². The van der Waals surface area contributed by atoms with Crippen LogP contribution in [0.15, 0.2) is 29.6 Å². The molecule has 0 spiro atoms. The molecule has 1 aliphatic carbocycles. The number of benzene rings is 1. The number of hydrogen-bond acceptors (Lipinski definition) is 5. The molecule has 27 heavy (non-hydrogen) atoms. The Morgan fingerprint density at radius 3 is 2.44 bits per heavy atom. The highest BCUT2D eigenvalue weighted by atomic mass is 32.1. The van der Waals surface area contributed by atoms with Gasteiger partial charge in [0.1, 0.15) is 16.5 Å². The molecule has 0 bridgehead atoms. The third kappa shape index (κ3) is 5.07. The van der Waals surface area contributed by atoms with E-state index in [9.17, 15) is 9.59 Å². The summed E-state index contributed by atoms with van der Waals surface area (Å²) in [6, 6.07) is 7.69. The molecule has 1 saturated carbocycles. The van der Waals surface area contributed by atoms with Crippen LogP contribution in [0.3, 0.4) is 0 Å². The molecule has 1 aliphatic rings. The van der Waals surface area contributed by atoms with E-state index in [4.69, 9.17) is 9.84 Å². The molecule has 144 valence electrons. The molecule has 1 aromatic carbocycles. The van der Waals surface area contributed by atoms with Crippen LogP contribution in [0.1, 0.15) is 50.0 Å². The van der Waals surface area contributed by atoms with E-state index in [2.05, 4.69) is 10.3 Å². The highest BCUT2D eigenvalue weighted by Gasteiger charge is 2.27. The van der Waals surface area contributed by atoms with E-state index >= 15 is 0 Å².